The Morgan fingerprint density at radius 3 is 1.14 bits per heavy atom. The monoisotopic (exact) mass is 500 g/mol. The van der Waals surface area contributed by atoms with Gasteiger partial charge in [-0.1, -0.05) is 174 Å². The summed E-state index contributed by atoms with van der Waals surface area (Å²) in [4.78, 5) is 2.73. The van der Waals surface area contributed by atoms with Crippen LogP contribution in [0.25, 0.3) is 0 Å². The van der Waals surface area contributed by atoms with E-state index in [9.17, 15) is 0 Å². The number of unbranched alkanes of at least 4 members (excludes halogenated alkanes) is 16. The Morgan fingerprint density at radius 2 is 0.778 bits per heavy atom. The maximum atomic E-state index is 2.73. The molecule has 0 aliphatic rings. The average Bonchev–Trinajstić information content (AvgIpc) is 2.85. The Kier molecular flexibility index (Phi) is 22.6. The maximum Gasteiger partial charge on any atom is 0.0233 e. The zero-order chi connectivity index (χ0) is 26.1. The van der Waals surface area contributed by atoms with Crippen LogP contribution in [0.3, 0.4) is 0 Å². The first-order chi connectivity index (χ1) is 17.6. The number of hydrogen-bond donors (Lipinski definition) is 0. The first-order valence-corrected chi connectivity index (χ1v) is 16.3. The summed E-state index contributed by atoms with van der Waals surface area (Å²) in [6, 6.07) is 11.1. The molecule has 1 aromatic carbocycles. The fraction of sp³-hybridized carbons (Fsp3) is 0.829. The van der Waals surface area contributed by atoms with Crippen molar-refractivity contribution in [2.24, 2.45) is 11.8 Å². The van der Waals surface area contributed by atoms with E-state index in [1.54, 1.807) is 0 Å². The van der Waals surface area contributed by atoms with E-state index in [2.05, 4.69) is 62.9 Å². The van der Waals surface area contributed by atoms with Gasteiger partial charge in [-0.25, -0.2) is 0 Å². The minimum absolute atomic E-state index is 0.880. The molecule has 0 atom stereocenters. The fourth-order valence-electron chi connectivity index (χ4n) is 5.36. The van der Waals surface area contributed by atoms with Crippen LogP contribution >= 0.6 is 0 Å². The smallest absolute Gasteiger partial charge is 0.0233 e. The van der Waals surface area contributed by atoms with Crippen LogP contribution in [0, 0.1) is 11.8 Å². The molecule has 0 bridgehead atoms. The molecule has 0 heterocycles. The minimum Gasteiger partial charge on any atom is -0.299 e. The van der Waals surface area contributed by atoms with Crippen molar-refractivity contribution >= 4 is 0 Å². The quantitative estimate of drug-likeness (QED) is 0.115. The molecule has 0 fully saturated rings. The van der Waals surface area contributed by atoms with Crippen molar-refractivity contribution in [3.05, 3.63) is 35.9 Å². The van der Waals surface area contributed by atoms with Crippen LogP contribution in [0.2, 0.25) is 0 Å². The van der Waals surface area contributed by atoms with Crippen molar-refractivity contribution < 1.29 is 0 Å². The van der Waals surface area contributed by atoms with Crippen molar-refractivity contribution in [1.82, 2.24) is 4.90 Å². The predicted octanol–water partition coefficient (Wildman–Crippen LogP) is 11.6. The standard InChI is InChI=1S/C35H65N/c1-33(2)26-20-15-11-7-5-9-13-17-24-30-36(32-35-28-22-19-23-29-35)31-25-18-14-10-6-8-12-16-21-27-34(3)4/h19,22-23,28-29,33-34H,5-18,20-21,24-27,30-32H2,1-4H3. The van der Waals surface area contributed by atoms with Crippen molar-refractivity contribution in [2.45, 2.75) is 163 Å². The van der Waals surface area contributed by atoms with Crippen molar-refractivity contribution in [3.8, 4) is 0 Å². The Labute approximate surface area is 228 Å². The van der Waals surface area contributed by atoms with Crippen molar-refractivity contribution in [2.75, 3.05) is 13.1 Å². The summed E-state index contributed by atoms with van der Waals surface area (Å²) < 4.78 is 0. The van der Waals surface area contributed by atoms with E-state index in [0.717, 1.165) is 18.4 Å². The van der Waals surface area contributed by atoms with Gasteiger partial charge in [0.15, 0.2) is 0 Å². The molecule has 0 aromatic heterocycles. The van der Waals surface area contributed by atoms with Gasteiger partial charge >= 0.3 is 0 Å². The first kappa shape index (κ1) is 33.2. The van der Waals surface area contributed by atoms with Gasteiger partial charge in [0.25, 0.3) is 0 Å². The van der Waals surface area contributed by atoms with Crippen LogP contribution < -0.4 is 0 Å². The summed E-state index contributed by atoms with van der Waals surface area (Å²) in [5, 5.41) is 0. The second kappa shape index (κ2) is 24.5. The first-order valence-electron chi connectivity index (χ1n) is 16.3. The van der Waals surface area contributed by atoms with Gasteiger partial charge in [0, 0.05) is 6.54 Å². The molecule has 0 saturated heterocycles. The van der Waals surface area contributed by atoms with Gasteiger partial charge in [-0.15, -0.1) is 0 Å². The molecule has 36 heavy (non-hydrogen) atoms. The summed E-state index contributed by atoms with van der Waals surface area (Å²) in [5.41, 5.74) is 1.48. The van der Waals surface area contributed by atoms with Crippen LogP contribution in [0.4, 0.5) is 0 Å². The van der Waals surface area contributed by atoms with Crippen molar-refractivity contribution in [3.63, 3.8) is 0 Å². The highest BCUT2D eigenvalue weighted by Gasteiger charge is 2.06. The lowest BCUT2D eigenvalue weighted by atomic mass is 10.0. The van der Waals surface area contributed by atoms with Gasteiger partial charge in [-0.3, -0.25) is 4.90 Å². The van der Waals surface area contributed by atoms with Gasteiger partial charge in [-0.05, 0) is 43.3 Å². The molecule has 0 amide bonds. The summed E-state index contributed by atoms with van der Waals surface area (Å²) in [5.74, 6) is 1.76. The van der Waals surface area contributed by atoms with Crippen LogP contribution in [0.5, 0.6) is 0 Å². The third-order valence-electron chi connectivity index (χ3n) is 7.76. The number of rotatable bonds is 26. The molecular weight excluding hydrogens is 434 g/mol. The molecular formula is C35H65N. The SMILES string of the molecule is CC(C)CCCCCCCCCCCN(CCCCCCCCCCCC(C)C)Cc1ccccc1. The normalized spacial score (nSPS) is 11.9. The average molecular weight is 500 g/mol. The van der Waals surface area contributed by atoms with Crippen molar-refractivity contribution in [1.29, 1.82) is 0 Å². The fourth-order valence-corrected chi connectivity index (χ4v) is 5.36. The number of hydrogen-bond acceptors (Lipinski definition) is 1. The maximum absolute atomic E-state index is 2.73. The van der Waals surface area contributed by atoms with Gasteiger partial charge in [0.2, 0.25) is 0 Å². The zero-order valence-corrected chi connectivity index (χ0v) is 25.3. The molecule has 1 rings (SSSR count). The number of benzene rings is 1. The minimum atomic E-state index is 0.880. The summed E-state index contributed by atoms with van der Waals surface area (Å²) in [6.45, 7) is 13.1. The zero-order valence-electron chi connectivity index (χ0n) is 25.3. The second-order valence-electron chi connectivity index (χ2n) is 12.5. The Balaban J connectivity index is 2.08. The molecule has 0 unspecified atom stereocenters. The highest BCUT2D eigenvalue weighted by atomic mass is 15.1. The molecule has 1 heteroatoms. The molecule has 0 radical (unpaired) electrons. The molecule has 1 aromatic rings. The van der Waals surface area contributed by atoms with E-state index in [4.69, 9.17) is 0 Å². The molecule has 1 nitrogen and oxygen atoms in total. The van der Waals surface area contributed by atoms with Gasteiger partial charge in [0.05, 0.1) is 0 Å². The largest absolute Gasteiger partial charge is 0.299 e. The lowest BCUT2D eigenvalue weighted by molar-refractivity contribution is 0.252. The summed E-state index contributed by atoms with van der Waals surface area (Å²) >= 11 is 0. The summed E-state index contributed by atoms with van der Waals surface area (Å²) in [7, 11) is 0. The van der Waals surface area contributed by atoms with E-state index in [1.807, 2.05) is 0 Å². The van der Waals surface area contributed by atoms with Gasteiger partial charge in [-0.2, -0.15) is 0 Å². The molecule has 0 saturated carbocycles. The van der Waals surface area contributed by atoms with E-state index in [0.29, 0.717) is 0 Å². The Morgan fingerprint density at radius 1 is 0.444 bits per heavy atom. The lowest BCUT2D eigenvalue weighted by Crippen LogP contribution is -2.25. The van der Waals surface area contributed by atoms with E-state index in [-0.39, 0.29) is 0 Å². The Bertz CT molecular complexity index is 519. The van der Waals surface area contributed by atoms with Gasteiger partial charge in [0.1, 0.15) is 0 Å². The van der Waals surface area contributed by atoms with E-state index >= 15 is 0 Å². The third kappa shape index (κ3) is 22.4. The highest BCUT2D eigenvalue weighted by Crippen LogP contribution is 2.16. The van der Waals surface area contributed by atoms with Crippen LogP contribution in [-0.4, -0.2) is 18.0 Å². The predicted molar refractivity (Wildman–Crippen MR) is 164 cm³/mol. The summed E-state index contributed by atoms with van der Waals surface area (Å²) in [6.07, 6.45) is 28.7. The molecule has 210 valence electrons. The number of nitrogens with zero attached hydrogens (tertiary/aromatic N) is 1. The second-order valence-corrected chi connectivity index (χ2v) is 12.5. The lowest BCUT2D eigenvalue weighted by Gasteiger charge is -2.22. The molecule has 0 N–H and O–H groups in total. The van der Waals surface area contributed by atoms with Crippen LogP contribution in [0.1, 0.15) is 162 Å². The molecule has 0 aliphatic carbocycles. The molecule has 0 spiro atoms. The molecule has 0 aliphatic heterocycles. The van der Waals surface area contributed by atoms with Gasteiger partial charge < -0.3 is 0 Å². The van der Waals surface area contributed by atoms with Crippen LogP contribution in [-0.2, 0) is 6.54 Å². The van der Waals surface area contributed by atoms with E-state index < -0.39 is 0 Å². The van der Waals surface area contributed by atoms with E-state index in [1.165, 1.54) is 147 Å². The highest BCUT2D eigenvalue weighted by molar-refractivity contribution is 5.14. The Hall–Kier alpha value is -0.820. The third-order valence-corrected chi connectivity index (χ3v) is 7.76. The topological polar surface area (TPSA) is 3.24 Å². The van der Waals surface area contributed by atoms with Crippen LogP contribution in [0.15, 0.2) is 30.3 Å².